The highest BCUT2D eigenvalue weighted by Gasteiger charge is 2.21. The van der Waals surface area contributed by atoms with Gasteiger partial charge in [-0.2, -0.15) is 5.26 Å². The predicted octanol–water partition coefficient (Wildman–Crippen LogP) is 10.2. The van der Waals surface area contributed by atoms with Gasteiger partial charge in [-0.15, -0.1) is 0 Å². The molecule has 0 atom stereocenters. The van der Waals surface area contributed by atoms with Crippen molar-refractivity contribution in [2.45, 2.75) is 0 Å². The van der Waals surface area contributed by atoms with Crippen molar-refractivity contribution in [3.63, 3.8) is 0 Å². The number of anilines is 6. The van der Waals surface area contributed by atoms with Crippen LogP contribution in [0.5, 0.6) is 0 Å². The molecule has 40 heavy (non-hydrogen) atoms. The van der Waals surface area contributed by atoms with Crippen LogP contribution < -0.4 is 9.80 Å². The zero-order valence-corrected chi connectivity index (χ0v) is 21.9. The summed E-state index contributed by atoms with van der Waals surface area (Å²) >= 11 is 0. The monoisotopic (exact) mass is 513 g/mol. The standard InChI is InChI=1S/C37H27N3/c38-28-29-15-13-14-24-35(29)36-26-25-34(39(30-16-5-1-6-17-30)31-18-7-2-8-19-31)27-37(36)40(32-20-9-3-10-21-32)33-22-11-4-12-23-33/h1-27H. The van der Waals surface area contributed by atoms with Crippen LogP contribution in [-0.2, 0) is 0 Å². The Morgan fingerprint density at radius 2 is 0.800 bits per heavy atom. The van der Waals surface area contributed by atoms with E-state index in [4.69, 9.17) is 0 Å². The van der Waals surface area contributed by atoms with Crippen LogP contribution in [0.15, 0.2) is 164 Å². The maximum absolute atomic E-state index is 10.0. The molecule has 6 aromatic rings. The molecule has 0 aromatic heterocycles. The van der Waals surface area contributed by atoms with Gasteiger partial charge < -0.3 is 9.80 Å². The molecule has 3 nitrogen and oxygen atoms in total. The van der Waals surface area contributed by atoms with Gasteiger partial charge in [-0.05, 0) is 66.7 Å². The van der Waals surface area contributed by atoms with Crippen LogP contribution in [0.3, 0.4) is 0 Å². The predicted molar refractivity (Wildman–Crippen MR) is 166 cm³/mol. The highest BCUT2D eigenvalue weighted by atomic mass is 15.2. The van der Waals surface area contributed by atoms with E-state index in [1.165, 1.54) is 0 Å². The van der Waals surface area contributed by atoms with Crippen molar-refractivity contribution in [2.24, 2.45) is 0 Å². The molecule has 0 aliphatic heterocycles. The Kier molecular flexibility index (Phi) is 7.07. The van der Waals surface area contributed by atoms with Crippen molar-refractivity contribution in [3.8, 4) is 17.2 Å². The third-order valence-corrected chi connectivity index (χ3v) is 6.88. The summed E-state index contributed by atoms with van der Waals surface area (Å²) in [6, 6.07) is 58.2. The molecule has 0 spiro atoms. The number of hydrogen-bond donors (Lipinski definition) is 0. The lowest BCUT2D eigenvalue weighted by Gasteiger charge is -2.31. The molecule has 0 bridgehead atoms. The summed E-state index contributed by atoms with van der Waals surface area (Å²) in [4.78, 5) is 4.53. The van der Waals surface area contributed by atoms with Gasteiger partial charge in [0.2, 0.25) is 0 Å². The van der Waals surface area contributed by atoms with E-state index in [1.807, 2.05) is 48.5 Å². The summed E-state index contributed by atoms with van der Waals surface area (Å²) in [6.45, 7) is 0. The lowest BCUT2D eigenvalue weighted by Crippen LogP contribution is -2.14. The minimum atomic E-state index is 0.639. The SMILES string of the molecule is N#Cc1ccccc1-c1ccc(N(c2ccccc2)c2ccccc2)cc1N(c1ccccc1)c1ccccc1. The fourth-order valence-corrected chi connectivity index (χ4v) is 5.07. The number of nitrogens with zero attached hydrogens (tertiary/aromatic N) is 3. The lowest BCUT2D eigenvalue weighted by molar-refractivity contribution is 1.25. The van der Waals surface area contributed by atoms with Gasteiger partial charge in [-0.1, -0.05) is 97.1 Å². The first-order chi connectivity index (χ1) is 19.8. The lowest BCUT2D eigenvalue weighted by atomic mass is 9.96. The van der Waals surface area contributed by atoms with Crippen molar-refractivity contribution >= 4 is 34.1 Å². The first-order valence-corrected chi connectivity index (χ1v) is 13.3. The van der Waals surface area contributed by atoms with Crippen LogP contribution in [0.4, 0.5) is 34.1 Å². The summed E-state index contributed by atoms with van der Waals surface area (Å²) in [6.07, 6.45) is 0. The molecule has 0 N–H and O–H groups in total. The zero-order valence-electron chi connectivity index (χ0n) is 21.9. The van der Waals surface area contributed by atoms with Gasteiger partial charge in [0.1, 0.15) is 0 Å². The smallest absolute Gasteiger partial charge is 0.0998 e. The number of para-hydroxylation sites is 4. The van der Waals surface area contributed by atoms with E-state index in [1.54, 1.807) is 0 Å². The Morgan fingerprint density at radius 1 is 0.375 bits per heavy atom. The summed E-state index contributed by atoms with van der Waals surface area (Å²) < 4.78 is 0. The van der Waals surface area contributed by atoms with Gasteiger partial charge in [-0.25, -0.2) is 0 Å². The fourth-order valence-electron chi connectivity index (χ4n) is 5.07. The molecule has 0 amide bonds. The van der Waals surface area contributed by atoms with E-state index in [-0.39, 0.29) is 0 Å². The molecule has 0 radical (unpaired) electrons. The Morgan fingerprint density at radius 3 is 1.27 bits per heavy atom. The Hall–Kier alpha value is -5.59. The van der Waals surface area contributed by atoms with Gasteiger partial charge in [-0.3, -0.25) is 0 Å². The van der Waals surface area contributed by atoms with Gasteiger partial charge >= 0.3 is 0 Å². The Balaban J connectivity index is 1.65. The normalized spacial score (nSPS) is 10.5. The molecule has 190 valence electrons. The average molecular weight is 514 g/mol. The molecule has 3 heteroatoms. The van der Waals surface area contributed by atoms with Crippen molar-refractivity contribution in [1.29, 1.82) is 5.26 Å². The quantitative estimate of drug-likeness (QED) is 0.213. The first kappa shape index (κ1) is 24.7. The summed E-state index contributed by atoms with van der Waals surface area (Å²) in [5.41, 5.74) is 8.72. The molecule has 0 fully saturated rings. The third-order valence-electron chi connectivity index (χ3n) is 6.88. The molecule has 0 aliphatic rings. The van der Waals surface area contributed by atoms with Crippen LogP contribution in [0.1, 0.15) is 5.56 Å². The van der Waals surface area contributed by atoms with Crippen LogP contribution in [0.2, 0.25) is 0 Å². The molecule has 6 aromatic carbocycles. The molecule has 6 rings (SSSR count). The van der Waals surface area contributed by atoms with E-state index in [2.05, 4.69) is 131 Å². The van der Waals surface area contributed by atoms with E-state index in [0.29, 0.717) is 5.56 Å². The zero-order chi connectivity index (χ0) is 27.1. The highest BCUT2D eigenvalue weighted by Crippen LogP contribution is 2.45. The Bertz CT molecular complexity index is 1660. The van der Waals surface area contributed by atoms with Crippen molar-refractivity contribution in [1.82, 2.24) is 0 Å². The largest absolute Gasteiger partial charge is 0.310 e. The van der Waals surface area contributed by atoms with Crippen LogP contribution >= 0.6 is 0 Å². The number of nitriles is 1. The fraction of sp³-hybridized carbons (Fsp3) is 0. The van der Waals surface area contributed by atoms with Gasteiger partial charge in [0.05, 0.1) is 17.3 Å². The van der Waals surface area contributed by atoms with Crippen LogP contribution in [0, 0.1) is 11.3 Å². The van der Waals surface area contributed by atoms with Gasteiger partial charge in [0.15, 0.2) is 0 Å². The van der Waals surface area contributed by atoms with Gasteiger partial charge in [0.25, 0.3) is 0 Å². The number of hydrogen-bond acceptors (Lipinski definition) is 3. The van der Waals surface area contributed by atoms with Crippen LogP contribution in [0.25, 0.3) is 11.1 Å². The van der Waals surface area contributed by atoms with E-state index in [0.717, 1.165) is 45.3 Å². The number of rotatable bonds is 7. The minimum Gasteiger partial charge on any atom is -0.310 e. The minimum absolute atomic E-state index is 0.639. The molecule has 0 saturated heterocycles. The maximum atomic E-state index is 10.0. The van der Waals surface area contributed by atoms with Crippen LogP contribution in [-0.4, -0.2) is 0 Å². The van der Waals surface area contributed by atoms with Crippen molar-refractivity contribution in [2.75, 3.05) is 9.80 Å². The van der Waals surface area contributed by atoms with Gasteiger partial charge in [0, 0.05) is 39.6 Å². The average Bonchev–Trinajstić information content (AvgIpc) is 3.04. The second-order valence-corrected chi connectivity index (χ2v) is 9.37. The van der Waals surface area contributed by atoms with Crippen molar-refractivity contribution in [3.05, 3.63) is 169 Å². The molecule has 0 saturated carbocycles. The maximum Gasteiger partial charge on any atom is 0.0998 e. The molecular formula is C37H27N3. The Labute approximate surface area is 235 Å². The topological polar surface area (TPSA) is 30.3 Å². The summed E-state index contributed by atoms with van der Waals surface area (Å²) in [5.74, 6) is 0. The first-order valence-electron chi connectivity index (χ1n) is 13.3. The molecule has 0 aliphatic carbocycles. The third kappa shape index (κ3) is 4.95. The summed E-state index contributed by atoms with van der Waals surface area (Å²) in [7, 11) is 0. The second-order valence-electron chi connectivity index (χ2n) is 9.37. The highest BCUT2D eigenvalue weighted by molar-refractivity contribution is 5.93. The molecule has 0 unspecified atom stereocenters. The summed E-state index contributed by atoms with van der Waals surface area (Å²) in [5, 5.41) is 10.0. The molecular weight excluding hydrogens is 486 g/mol. The second kappa shape index (κ2) is 11.4. The molecule has 0 heterocycles. The van der Waals surface area contributed by atoms with E-state index >= 15 is 0 Å². The van der Waals surface area contributed by atoms with E-state index in [9.17, 15) is 5.26 Å². The van der Waals surface area contributed by atoms with Crippen molar-refractivity contribution < 1.29 is 0 Å². The number of benzene rings is 6. The van der Waals surface area contributed by atoms with E-state index < -0.39 is 0 Å².